The highest BCUT2D eigenvalue weighted by Crippen LogP contribution is 2.10. The molecule has 1 aromatic rings. The molecule has 0 unspecified atom stereocenters. The number of thiol groups is 1. The van der Waals surface area contributed by atoms with Gasteiger partial charge in [0.2, 0.25) is 5.91 Å². The molecular formula is C9H12N2OS. The summed E-state index contributed by atoms with van der Waals surface area (Å²) in [6, 6.07) is 7.03. The largest absolute Gasteiger partial charge is 0.399 e. The molecule has 0 aliphatic rings. The Hall–Kier alpha value is -1.16. The van der Waals surface area contributed by atoms with Crippen molar-refractivity contribution in [2.24, 2.45) is 0 Å². The fourth-order valence-electron chi connectivity index (χ4n) is 0.891. The van der Waals surface area contributed by atoms with Crippen LogP contribution in [-0.2, 0) is 4.79 Å². The van der Waals surface area contributed by atoms with Gasteiger partial charge in [-0.05, 0) is 30.0 Å². The molecule has 0 fully saturated rings. The van der Waals surface area contributed by atoms with Gasteiger partial charge in [0.05, 0.1) is 0 Å². The van der Waals surface area contributed by atoms with Crippen molar-refractivity contribution in [3.05, 3.63) is 24.3 Å². The van der Waals surface area contributed by atoms with Crippen LogP contribution in [0, 0.1) is 0 Å². The Balaban J connectivity index is 2.54. The lowest BCUT2D eigenvalue weighted by Crippen LogP contribution is -2.11. The van der Waals surface area contributed by atoms with Gasteiger partial charge in [0, 0.05) is 17.8 Å². The van der Waals surface area contributed by atoms with Crippen LogP contribution in [0.15, 0.2) is 24.3 Å². The molecule has 0 aromatic heterocycles. The van der Waals surface area contributed by atoms with Gasteiger partial charge in [0.15, 0.2) is 0 Å². The third-order valence-corrected chi connectivity index (χ3v) is 1.76. The summed E-state index contributed by atoms with van der Waals surface area (Å²) in [5.74, 6) is 0.528. The summed E-state index contributed by atoms with van der Waals surface area (Å²) in [6.45, 7) is 0. The topological polar surface area (TPSA) is 55.1 Å². The zero-order chi connectivity index (χ0) is 9.68. The summed E-state index contributed by atoms with van der Waals surface area (Å²) >= 11 is 3.96. The average Bonchev–Trinajstić information content (AvgIpc) is 2.09. The molecule has 0 saturated carbocycles. The minimum Gasteiger partial charge on any atom is -0.399 e. The van der Waals surface area contributed by atoms with E-state index in [-0.39, 0.29) is 5.91 Å². The van der Waals surface area contributed by atoms with E-state index >= 15 is 0 Å². The van der Waals surface area contributed by atoms with E-state index in [2.05, 4.69) is 17.9 Å². The van der Waals surface area contributed by atoms with Crippen molar-refractivity contribution in [2.75, 3.05) is 16.8 Å². The van der Waals surface area contributed by atoms with Crippen LogP contribution >= 0.6 is 12.6 Å². The van der Waals surface area contributed by atoms with Crippen molar-refractivity contribution in [1.29, 1.82) is 0 Å². The van der Waals surface area contributed by atoms with Crippen LogP contribution in [0.5, 0.6) is 0 Å². The Morgan fingerprint density at radius 2 is 2.00 bits per heavy atom. The molecule has 0 saturated heterocycles. The van der Waals surface area contributed by atoms with Crippen LogP contribution in [0.3, 0.4) is 0 Å². The first-order valence-electron chi connectivity index (χ1n) is 3.98. The van der Waals surface area contributed by atoms with Crippen molar-refractivity contribution in [2.45, 2.75) is 6.42 Å². The molecule has 13 heavy (non-hydrogen) atoms. The molecule has 0 spiro atoms. The molecule has 0 aliphatic heterocycles. The van der Waals surface area contributed by atoms with Gasteiger partial charge in [-0.25, -0.2) is 0 Å². The van der Waals surface area contributed by atoms with Gasteiger partial charge in [-0.1, -0.05) is 0 Å². The molecule has 0 atom stereocenters. The molecule has 1 rings (SSSR count). The maximum Gasteiger partial charge on any atom is 0.225 e. The van der Waals surface area contributed by atoms with E-state index in [0.29, 0.717) is 17.9 Å². The summed E-state index contributed by atoms with van der Waals surface area (Å²) in [5, 5.41) is 2.73. The number of nitrogens with one attached hydrogen (secondary N) is 1. The Bertz CT molecular complexity index is 284. The molecular weight excluding hydrogens is 184 g/mol. The van der Waals surface area contributed by atoms with E-state index in [1.807, 2.05) is 0 Å². The Labute approximate surface area is 82.7 Å². The quantitative estimate of drug-likeness (QED) is 0.507. The number of carbonyl (C=O) groups excluding carboxylic acids is 1. The molecule has 0 heterocycles. The predicted molar refractivity (Wildman–Crippen MR) is 58.0 cm³/mol. The summed E-state index contributed by atoms with van der Waals surface area (Å²) < 4.78 is 0. The second kappa shape index (κ2) is 4.77. The van der Waals surface area contributed by atoms with Crippen molar-refractivity contribution in [1.82, 2.24) is 0 Å². The zero-order valence-corrected chi connectivity index (χ0v) is 8.05. The summed E-state index contributed by atoms with van der Waals surface area (Å²) in [6.07, 6.45) is 0.424. The average molecular weight is 196 g/mol. The first kappa shape index (κ1) is 9.92. The lowest BCUT2D eigenvalue weighted by atomic mass is 10.3. The molecule has 0 aliphatic carbocycles. The van der Waals surface area contributed by atoms with Gasteiger partial charge in [-0.3, -0.25) is 4.79 Å². The van der Waals surface area contributed by atoms with Gasteiger partial charge < -0.3 is 11.1 Å². The number of anilines is 2. The van der Waals surface area contributed by atoms with Crippen LogP contribution in [-0.4, -0.2) is 11.7 Å². The number of benzene rings is 1. The highest BCUT2D eigenvalue weighted by atomic mass is 32.1. The lowest BCUT2D eigenvalue weighted by Gasteiger charge is -2.03. The number of carbonyl (C=O) groups is 1. The normalized spacial score (nSPS) is 9.62. The Morgan fingerprint density at radius 3 is 2.54 bits per heavy atom. The van der Waals surface area contributed by atoms with Crippen LogP contribution in [0.4, 0.5) is 11.4 Å². The van der Waals surface area contributed by atoms with E-state index < -0.39 is 0 Å². The number of nitrogen functional groups attached to an aromatic ring is 1. The second-order valence-electron chi connectivity index (χ2n) is 2.64. The monoisotopic (exact) mass is 196 g/mol. The van der Waals surface area contributed by atoms with E-state index in [1.54, 1.807) is 24.3 Å². The molecule has 4 heteroatoms. The van der Waals surface area contributed by atoms with Gasteiger partial charge in [0.1, 0.15) is 0 Å². The number of hydrogen-bond acceptors (Lipinski definition) is 3. The number of amides is 1. The minimum absolute atomic E-state index is 0.0280. The van der Waals surface area contributed by atoms with Gasteiger partial charge in [-0.2, -0.15) is 12.6 Å². The van der Waals surface area contributed by atoms with Gasteiger partial charge in [0.25, 0.3) is 0 Å². The van der Waals surface area contributed by atoms with E-state index in [9.17, 15) is 4.79 Å². The predicted octanol–water partition coefficient (Wildman–Crippen LogP) is 1.53. The SMILES string of the molecule is Nc1ccc(NC(=O)CCS)cc1. The van der Waals surface area contributed by atoms with Gasteiger partial charge in [-0.15, -0.1) is 0 Å². The third-order valence-electron chi connectivity index (χ3n) is 1.53. The molecule has 3 nitrogen and oxygen atoms in total. The highest BCUT2D eigenvalue weighted by molar-refractivity contribution is 7.80. The standard InChI is InChI=1S/C9H12N2OS/c10-7-1-3-8(4-2-7)11-9(12)5-6-13/h1-4,13H,5-6,10H2,(H,11,12). The van der Waals surface area contributed by atoms with Crippen molar-refractivity contribution < 1.29 is 4.79 Å². The first-order chi connectivity index (χ1) is 6.22. The van der Waals surface area contributed by atoms with Crippen LogP contribution in [0.1, 0.15) is 6.42 Å². The van der Waals surface area contributed by atoms with Crippen LogP contribution in [0.2, 0.25) is 0 Å². The minimum atomic E-state index is -0.0280. The molecule has 1 aromatic carbocycles. The molecule has 0 bridgehead atoms. The lowest BCUT2D eigenvalue weighted by molar-refractivity contribution is -0.115. The number of rotatable bonds is 3. The van der Waals surface area contributed by atoms with Gasteiger partial charge >= 0.3 is 0 Å². The van der Waals surface area contributed by atoms with Crippen LogP contribution in [0.25, 0.3) is 0 Å². The van der Waals surface area contributed by atoms with E-state index in [1.165, 1.54) is 0 Å². The van der Waals surface area contributed by atoms with Crippen molar-refractivity contribution >= 4 is 29.9 Å². The summed E-state index contributed by atoms with van der Waals surface area (Å²) in [5.41, 5.74) is 6.94. The fraction of sp³-hybridized carbons (Fsp3) is 0.222. The molecule has 1 amide bonds. The van der Waals surface area contributed by atoms with E-state index in [0.717, 1.165) is 5.69 Å². The van der Waals surface area contributed by atoms with Crippen molar-refractivity contribution in [3.63, 3.8) is 0 Å². The smallest absolute Gasteiger partial charge is 0.225 e. The maximum absolute atomic E-state index is 11.1. The van der Waals surface area contributed by atoms with Crippen molar-refractivity contribution in [3.8, 4) is 0 Å². The maximum atomic E-state index is 11.1. The molecule has 3 N–H and O–H groups in total. The second-order valence-corrected chi connectivity index (χ2v) is 3.09. The molecule has 0 radical (unpaired) electrons. The molecule has 70 valence electrons. The summed E-state index contributed by atoms with van der Waals surface area (Å²) in [4.78, 5) is 11.1. The Morgan fingerprint density at radius 1 is 1.38 bits per heavy atom. The number of hydrogen-bond donors (Lipinski definition) is 3. The third kappa shape index (κ3) is 3.38. The fourth-order valence-corrected chi connectivity index (χ4v) is 1.09. The highest BCUT2D eigenvalue weighted by Gasteiger charge is 1.99. The first-order valence-corrected chi connectivity index (χ1v) is 4.62. The summed E-state index contributed by atoms with van der Waals surface area (Å²) in [7, 11) is 0. The van der Waals surface area contributed by atoms with E-state index in [4.69, 9.17) is 5.73 Å². The number of nitrogens with two attached hydrogens (primary N) is 1. The Kier molecular flexibility index (Phi) is 3.64. The van der Waals surface area contributed by atoms with Crippen LogP contribution < -0.4 is 11.1 Å². The zero-order valence-electron chi connectivity index (χ0n) is 7.16.